The largest absolute Gasteiger partial charge is 0.505 e. The van der Waals surface area contributed by atoms with Crippen molar-refractivity contribution in [2.75, 3.05) is 6.61 Å². The van der Waals surface area contributed by atoms with E-state index in [2.05, 4.69) is 74.7 Å². The van der Waals surface area contributed by atoms with Gasteiger partial charge < -0.3 is 25.4 Å². The van der Waals surface area contributed by atoms with E-state index in [0.717, 1.165) is 29.5 Å². The van der Waals surface area contributed by atoms with Gasteiger partial charge in [0, 0.05) is 39.4 Å². The number of aromatic hydroxyl groups is 1. The maximum atomic E-state index is 13.9. The van der Waals surface area contributed by atoms with Gasteiger partial charge in [-0.25, -0.2) is 8.42 Å². The van der Waals surface area contributed by atoms with Crippen LogP contribution in [0.4, 0.5) is 11.4 Å². The predicted molar refractivity (Wildman–Crippen MR) is 246 cm³/mol. The molecule has 5 aromatic rings. The molecule has 2 unspecified atom stereocenters. The van der Waals surface area contributed by atoms with Gasteiger partial charge in [-0.1, -0.05) is 108 Å². The number of benzene rings is 5. The highest BCUT2D eigenvalue weighted by Crippen LogP contribution is 2.45. The monoisotopic (exact) mass is 860 g/mol. The van der Waals surface area contributed by atoms with E-state index in [-0.39, 0.29) is 44.5 Å². The molecule has 5 N–H and O–H groups in total. The summed E-state index contributed by atoms with van der Waals surface area (Å²) in [6, 6.07) is 27.9. The van der Waals surface area contributed by atoms with Gasteiger partial charge in [0.05, 0.1) is 29.0 Å². The minimum Gasteiger partial charge on any atom is -0.505 e. The number of azo groups is 1. The predicted octanol–water partition coefficient (Wildman–Crippen LogP) is 11.0. The van der Waals surface area contributed by atoms with Crippen molar-refractivity contribution in [2.45, 2.75) is 115 Å². The number of ether oxygens (including phenoxy) is 2. The molecule has 12 heteroatoms. The number of nitrogens with two attached hydrogens (primary N) is 1. The molecule has 0 aromatic heterocycles. The minimum absolute atomic E-state index is 0.0330. The normalized spacial score (nSPS) is 16.9. The molecule has 0 saturated carbocycles. The van der Waals surface area contributed by atoms with Crippen molar-refractivity contribution in [3.63, 3.8) is 0 Å². The zero-order valence-electron chi connectivity index (χ0n) is 37.0. The maximum Gasteiger partial charge on any atom is 0.261 e. The third kappa shape index (κ3) is 9.51. The molecule has 0 spiro atoms. The summed E-state index contributed by atoms with van der Waals surface area (Å²) in [6.45, 7) is 17.6. The van der Waals surface area contributed by atoms with Crippen LogP contribution in [0.25, 0.3) is 16.5 Å². The Bertz CT molecular complexity index is 2600. The highest BCUT2D eigenvalue weighted by molar-refractivity contribution is 7.89. The summed E-state index contributed by atoms with van der Waals surface area (Å²) in [4.78, 5) is 13.0. The number of amides is 1. The number of phenolic OH excluding ortho intramolecular Hbond substituents is 1. The van der Waals surface area contributed by atoms with E-state index in [1.54, 1.807) is 42.5 Å². The van der Waals surface area contributed by atoms with Gasteiger partial charge in [-0.15, -0.1) is 5.11 Å². The fourth-order valence-corrected chi connectivity index (χ4v) is 8.83. The first-order chi connectivity index (χ1) is 29.3. The molecule has 0 bridgehead atoms. The molecule has 5 aromatic carbocycles. The quantitative estimate of drug-likeness (QED) is 0.0501. The Labute approximate surface area is 366 Å². The number of fused-ring (bicyclic) bond motifs is 2. The number of sulfonamides is 1. The minimum atomic E-state index is -4.17. The van der Waals surface area contributed by atoms with Gasteiger partial charge in [-0.05, 0) is 92.7 Å². The maximum absolute atomic E-state index is 13.9. The lowest BCUT2D eigenvalue weighted by atomic mass is 9.72. The Hall–Kier alpha value is -5.72. The first-order valence-electron chi connectivity index (χ1n) is 21.4. The number of carbonyl (C=O) groups is 1. The van der Waals surface area contributed by atoms with Crippen molar-refractivity contribution in [1.82, 2.24) is 4.72 Å². The van der Waals surface area contributed by atoms with Crippen molar-refractivity contribution in [3.05, 3.63) is 125 Å². The number of unbranched alkanes of at least 4 members (excludes halogenated alkanes) is 1. The molecule has 1 aliphatic rings. The van der Waals surface area contributed by atoms with Crippen LogP contribution in [0.2, 0.25) is 0 Å². The van der Waals surface area contributed by atoms with Crippen LogP contribution in [-0.4, -0.2) is 37.2 Å². The standard InChI is InChI=1S/C50H60N4O7S/c1-9-48(5,6)33-22-27-44(41(29-33)49(7,8)10-2)60-28-16-15-17-34-30-42(39-20-13-14-21-40(39)50(34,57)47(51)56)54-62(58,59)36-25-23-35(24-26-36)52-53-43-31-45(61-32(3)4)37-18-11-12-19-38(37)46(43)55/h11-14,18-27,29-32,34,54-55,57H,9-10,15-17,28H2,1-8H3,(H2,51,56). The Morgan fingerprint density at radius 3 is 2.18 bits per heavy atom. The average Bonchev–Trinajstić information content (AvgIpc) is 3.25. The van der Waals surface area contributed by atoms with Gasteiger partial charge >= 0.3 is 0 Å². The van der Waals surface area contributed by atoms with E-state index in [9.17, 15) is 23.4 Å². The molecule has 1 aliphatic carbocycles. The van der Waals surface area contributed by atoms with Crippen LogP contribution in [0, 0.1) is 5.92 Å². The molecule has 0 fully saturated rings. The van der Waals surface area contributed by atoms with E-state index in [4.69, 9.17) is 15.2 Å². The zero-order valence-corrected chi connectivity index (χ0v) is 37.8. The second-order valence-corrected chi connectivity index (χ2v) is 19.3. The Morgan fingerprint density at radius 1 is 0.855 bits per heavy atom. The number of carbonyl (C=O) groups excluding carboxylic acids is 1. The van der Waals surface area contributed by atoms with Crippen molar-refractivity contribution in [1.29, 1.82) is 0 Å². The van der Waals surface area contributed by atoms with Crippen molar-refractivity contribution in [2.24, 2.45) is 21.9 Å². The van der Waals surface area contributed by atoms with E-state index in [1.165, 1.54) is 29.8 Å². The van der Waals surface area contributed by atoms with Gasteiger partial charge in [-0.2, -0.15) is 5.11 Å². The zero-order chi connectivity index (χ0) is 45.0. The number of nitrogens with zero attached hydrogens (tertiary/aromatic N) is 2. The van der Waals surface area contributed by atoms with Gasteiger partial charge in [0.1, 0.15) is 17.2 Å². The SMILES string of the molecule is CCC(C)(C)c1ccc(OCCCCC2C=C(NS(=O)(=O)c3ccc(N=Nc4cc(OC(C)C)c5ccccc5c4O)cc3)c3ccccc3C2(O)C(N)=O)c(C(C)(C)CC)c1. The summed E-state index contributed by atoms with van der Waals surface area (Å²) in [5.74, 6) is -0.412. The molecule has 328 valence electrons. The molecule has 6 rings (SSSR count). The lowest BCUT2D eigenvalue weighted by Crippen LogP contribution is -2.49. The van der Waals surface area contributed by atoms with Crippen molar-refractivity contribution < 1.29 is 32.9 Å². The molecule has 0 aliphatic heterocycles. The fourth-order valence-electron chi connectivity index (χ4n) is 7.75. The van der Waals surface area contributed by atoms with Crippen LogP contribution in [0.1, 0.15) is 110 Å². The van der Waals surface area contributed by atoms with Gasteiger partial charge in [0.2, 0.25) is 0 Å². The molecule has 1 amide bonds. The summed E-state index contributed by atoms with van der Waals surface area (Å²) >= 11 is 0. The topological polar surface area (TPSA) is 173 Å². The summed E-state index contributed by atoms with van der Waals surface area (Å²) in [7, 11) is -4.17. The molecule has 0 saturated heterocycles. The van der Waals surface area contributed by atoms with E-state index >= 15 is 0 Å². The van der Waals surface area contributed by atoms with E-state index < -0.39 is 27.4 Å². The third-order valence-electron chi connectivity index (χ3n) is 12.3. The second kappa shape index (κ2) is 18.3. The van der Waals surface area contributed by atoms with Crippen LogP contribution in [0.5, 0.6) is 17.2 Å². The van der Waals surface area contributed by atoms with E-state index in [1.807, 2.05) is 32.0 Å². The van der Waals surface area contributed by atoms with Crippen LogP contribution in [0.3, 0.4) is 0 Å². The molecule has 11 nitrogen and oxygen atoms in total. The summed E-state index contributed by atoms with van der Waals surface area (Å²) < 4.78 is 42.9. The first kappa shape index (κ1) is 45.8. The number of hydrogen-bond acceptors (Lipinski definition) is 9. The molecular weight excluding hydrogens is 801 g/mol. The molecule has 0 radical (unpaired) electrons. The van der Waals surface area contributed by atoms with Crippen molar-refractivity contribution in [3.8, 4) is 17.2 Å². The van der Waals surface area contributed by atoms with Crippen LogP contribution < -0.4 is 19.9 Å². The Balaban J connectivity index is 1.19. The number of primary amides is 1. The first-order valence-corrected chi connectivity index (χ1v) is 22.9. The lowest BCUT2D eigenvalue weighted by molar-refractivity contribution is -0.142. The number of aliphatic hydroxyl groups is 1. The summed E-state index contributed by atoms with van der Waals surface area (Å²) in [5, 5.41) is 32.8. The van der Waals surface area contributed by atoms with Gasteiger partial charge in [0.15, 0.2) is 11.4 Å². The number of nitrogens with one attached hydrogen (secondary N) is 1. The summed E-state index contributed by atoms with van der Waals surface area (Å²) in [5.41, 5.74) is 7.57. The van der Waals surface area contributed by atoms with E-state index in [0.29, 0.717) is 48.3 Å². The second-order valence-electron chi connectivity index (χ2n) is 17.6. The number of hydrogen-bond donors (Lipinski definition) is 4. The van der Waals surface area contributed by atoms with Crippen LogP contribution in [-0.2, 0) is 31.2 Å². The smallest absolute Gasteiger partial charge is 0.261 e. The third-order valence-corrected chi connectivity index (χ3v) is 13.7. The van der Waals surface area contributed by atoms with Crippen molar-refractivity contribution >= 4 is 43.8 Å². The Morgan fingerprint density at radius 2 is 1.52 bits per heavy atom. The Kier molecular flexibility index (Phi) is 13.5. The highest BCUT2D eigenvalue weighted by Gasteiger charge is 2.47. The van der Waals surface area contributed by atoms with Crippen LogP contribution in [0.15, 0.2) is 118 Å². The number of phenols is 1. The van der Waals surface area contributed by atoms with Gasteiger partial charge in [0.25, 0.3) is 15.9 Å². The van der Waals surface area contributed by atoms with Crippen LogP contribution >= 0.6 is 0 Å². The fraction of sp³-hybridized carbons (Fsp3) is 0.380. The molecular formula is C50H60N4O7S. The molecule has 2 atom stereocenters. The van der Waals surface area contributed by atoms with Gasteiger partial charge in [-0.3, -0.25) is 9.52 Å². The lowest BCUT2D eigenvalue weighted by Gasteiger charge is -2.38. The molecule has 62 heavy (non-hydrogen) atoms. The molecule has 0 heterocycles. The number of rotatable bonds is 18. The summed E-state index contributed by atoms with van der Waals surface area (Å²) in [6.07, 6.45) is 4.95. The average molecular weight is 861 g/mol. The highest BCUT2D eigenvalue weighted by atomic mass is 32.2.